The molecule has 0 fully saturated rings. The normalized spacial score (nSPS) is 14.0. The predicted octanol–water partition coefficient (Wildman–Crippen LogP) is 3.53. The van der Waals surface area contributed by atoms with Crippen LogP contribution in [0.4, 0.5) is 0 Å². The zero-order chi connectivity index (χ0) is 33.0. The fourth-order valence-corrected chi connectivity index (χ4v) is 6.86. The molecule has 0 unspecified atom stereocenters. The van der Waals surface area contributed by atoms with E-state index in [-0.39, 0.29) is 29.5 Å². The molecule has 1 atom stereocenters. The van der Waals surface area contributed by atoms with E-state index in [4.69, 9.17) is 18.9 Å². The lowest BCUT2D eigenvalue weighted by molar-refractivity contribution is -0.121. The second-order valence-electron chi connectivity index (χ2n) is 11.7. The minimum absolute atomic E-state index is 0.101. The summed E-state index contributed by atoms with van der Waals surface area (Å²) in [6.45, 7) is 4.14. The third-order valence-electron chi connectivity index (χ3n) is 8.35. The van der Waals surface area contributed by atoms with Gasteiger partial charge in [-0.25, -0.2) is 4.68 Å². The molecule has 1 amide bonds. The fourth-order valence-electron chi connectivity index (χ4n) is 5.87. The minimum Gasteiger partial charge on any atom is -0.493 e. The maximum atomic E-state index is 13.2. The van der Waals surface area contributed by atoms with E-state index in [1.165, 1.54) is 7.11 Å². The third-order valence-corrected chi connectivity index (χ3v) is 10.1. The Bertz CT molecular complexity index is 1780. The number of benzene rings is 2. The molecule has 1 aromatic heterocycles. The van der Waals surface area contributed by atoms with Gasteiger partial charge in [0.05, 0.1) is 40.2 Å². The number of carbonyl (C=O) groups is 1. The van der Waals surface area contributed by atoms with Crippen LogP contribution in [0.1, 0.15) is 41.3 Å². The summed E-state index contributed by atoms with van der Waals surface area (Å²) in [6, 6.07) is 14.4. The van der Waals surface area contributed by atoms with Crippen LogP contribution >= 0.6 is 0 Å². The summed E-state index contributed by atoms with van der Waals surface area (Å²) in [5.41, 5.74) is 4.73. The molecular weight excluding hydrogens is 604 g/mol. The molecule has 1 aliphatic carbocycles. The van der Waals surface area contributed by atoms with Gasteiger partial charge in [-0.2, -0.15) is 0 Å². The number of aromatic nitrogens is 3. The number of nitrogens with one attached hydrogen (secondary N) is 1. The summed E-state index contributed by atoms with van der Waals surface area (Å²) < 4.78 is 24.3. The van der Waals surface area contributed by atoms with Crippen molar-refractivity contribution in [1.29, 1.82) is 0 Å². The van der Waals surface area contributed by atoms with E-state index in [1.54, 1.807) is 38.1 Å². The Morgan fingerprint density at radius 2 is 1.67 bits per heavy atom. The molecule has 1 aliphatic rings. The summed E-state index contributed by atoms with van der Waals surface area (Å²) in [7, 11) is 3.85. The molecule has 0 saturated carbocycles. The number of fused-ring (bicyclic) bond motifs is 3. The molecule has 242 valence electrons. The summed E-state index contributed by atoms with van der Waals surface area (Å²) in [5.74, 6) is 1.71. The van der Waals surface area contributed by atoms with Crippen LogP contribution in [-0.2, 0) is 24.2 Å². The van der Waals surface area contributed by atoms with E-state index >= 15 is 0 Å². The van der Waals surface area contributed by atoms with Crippen LogP contribution in [0, 0.1) is 0 Å². The van der Waals surface area contributed by atoms with Gasteiger partial charge in [0, 0.05) is 31.1 Å². The van der Waals surface area contributed by atoms with E-state index in [1.807, 2.05) is 55.7 Å². The summed E-state index contributed by atoms with van der Waals surface area (Å²) in [5, 5.41) is 12.7. The van der Waals surface area contributed by atoms with Crippen LogP contribution in [-0.4, -0.2) is 62.5 Å². The van der Waals surface area contributed by atoms with Crippen LogP contribution in [0.2, 0.25) is 13.1 Å². The van der Waals surface area contributed by atoms with E-state index in [2.05, 4.69) is 15.6 Å². The molecule has 0 aliphatic heterocycles. The van der Waals surface area contributed by atoms with Crippen molar-refractivity contribution in [2.75, 3.05) is 28.4 Å². The van der Waals surface area contributed by atoms with Crippen molar-refractivity contribution in [3.63, 3.8) is 0 Å². The summed E-state index contributed by atoms with van der Waals surface area (Å²) in [6.07, 6.45) is 3.68. The second-order valence-corrected chi connectivity index (χ2v) is 15.4. The lowest BCUT2D eigenvalue weighted by Gasteiger charge is -2.18. The van der Waals surface area contributed by atoms with Crippen molar-refractivity contribution < 1.29 is 28.5 Å². The zero-order valence-corrected chi connectivity index (χ0v) is 28.0. The first-order valence-corrected chi connectivity index (χ1v) is 18.1. The second kappa shape index (κ2) is 13.8. The largest absolute Gasteiger partial charge is 0.493 e. The van der Waals surface area contributed by atoms with Gasteiger partial charge in [-0.3, -0.25) is 9.59 Å². The van der Waals surface area contributed by atoms with E-state index in [9.17, 15) is 14.4 Å². The van der Waals surface area contributed by atoms with Gasteiger partial charge in [-0.05, 0) is 71.6 Å². The molecule has 2 N–H and O–H groups in total. The molecule has 5 rings (SSSR count). The van der Waals surface area contributed by atoms with Crippen molar-refractivity contribution in [3.05, 3.63) is 87.3 Å². The van der Waals surface area contributed by atoms with Crippen molar-refractivity contribution >= 4 is 19.4 Å². The van der Waals surface area contributed by atoms with Crippen LogP contribution in [0.15, 0.2) is 59.5 Å². The number of amides is 1. The number of aryl methyl sites for hydroxylation is 1. The predicted molar refractivity (Wildman–Crippen MR) is 177 cm³/mol. The van der Waals surface area contributed by atoms with Gasteiger partial charge >= 0.3 is 0 Å². The molecular formula is C34H40N4O7Si. The number of ether oxygens (including phenoxy) is 4. The Morgan fingerprint density at radius 3 is 2.33 bits per heavy atom. The molecule has 3 aromatic carbocycles. The summed E-state index contributed by atoms with van der Waals surface area (Å²) >= 11 is 0. The molecule has 0 bridgehead atoms. The first-order chi connectivity index (χ1) is 22.1. The number of rotatable bonds is 11. The molecule has 0 radical (unpaired) electrons. The Hall–Kier alpha value is -4.68. The smallest absolute Gasteiger partial charge is 0.220 e. The molecule has 1 heterocycles. The van der Waals surface area contributed by atoms with Gasteiger partial charge in [0.25, 0.3) is 0 Å². The van der Waals surface area contributed by atoms with Gasteiger partial charge < -0.3 is 29.1 Å². The number of nitrogens with zero attached hydrogens (tertiary/aromatic N) is 3. The van der Waals surface area contributed by atoms with Crippen molar-refractivity contribution in [2.24, 2.45) is 0 Å². The number of carbonyl (C=O) groups excluding carboxylic acids is 1. The highest BCUT2D eigenvalue weighted by Crippen LogP contribution is 2.49. The van der Waals surface area contributed by atoms with E-state index in [0.717, 1.165) is 33.0 Å². The standard InChI is InChI=1S/C34H40N4O7Si/c1-42-30-15-13-24-26-18-31(43-2)34(45-4)33(44-3)25(26)12-14-28(27(24)17-29(30)39)38-20-22(36-37-38)9-16-32(40)35-19-21-7-10-23(11-8-21)46(5,6)41/h7-8,10-11,13,15,17-18,20,28,41H,9,12,14,16,19H2,1-6H3,(H,35,40)/t28-/m0/s1. The molecule has 0 saturated heterocycles. The van der Waals surface area contributed by atoms with Gasteiger partial charge in [0.15, 0.2) is 17.2 Å². The highest BCUT2D eigenvalue weighted by atomic mass is 28.4. The van der Waals surface area contributed by atoms with E-state index in [0.29, 0.717) is 48.7 Å². The van der Waals surface area contributed by atoms with Crippen LogP contribution in [0.3, 0.4) is 0 Å². The summed E-state index contributed by atoms with van der Waals surface area (Å²) in [4.78, 5) is 36.2. The monoisotopic (exact) mass is 644 g/mol. The van der Waals surface area contributed by atoms with Gasteiger partial charge in [-0.15, -0.1) is 5.10 Å². The number of hydrogen-bond acceptors (Lipinski definition) is 9. The fraction of sp³-hybridized carbons (Fsp3) is 0.353. The van der Waals surface area contributed by atoms with Crippen LogP contribution in [0.25, 0.3) is 11.1 Å². The average molecular weight is 645 g/mol. The zero-order valence-electron chi connectivity index (χ0n) is 27.0. The maximum Gasteiger partial charge on any atom is 0.220 e. The highest BCUT2D eigenvalue weighted by Gasteiger charge is 2.30. The SMILES string of the molecule is COc1cc2c(c(OC)c1OC)CC[C@H](n1cc(CCC(=O)NCc3ccc([Si](C)(C)O)cc3)nn1)c1cc(=O)c(OC)ccc1-2. The Balaban J connectivity index is 1.39. The van der Waals surface area contributed by atoms with Crippen molar-refractivity contribution in [2.45, 2.75) is 51.4 Å². The average Bonchev–Trinajstić information content (AvgIpc) is 3.38. The van der Waals surface area contributed by atoms with Crippen LogP contribution < -0.4 is 34.9 Å². The molecule has 12 heteroatoms. The molecule has 46 heavy (non-hydrogen) atoms. The van der Waals surface area contributed by atoms with Crippen LogP contribution in [0.5, 0.6) is 23.0 Å². The van der Waals surface area contributed by atoms with E-state index < -0.39 is 8.32 Å². The minimum atomic E-state index is -2.36. The van der Waals surface area contributed by atoms with Gasteiger partial charge in [0.2, 0.25) is 25.4 Å². The van der Waals surface area contributed by atoms with Gasteiger partial charge in [-0.1, -0.05) is 35.5 Å². The number of hydrogen-bond donors (Lipinski definition) is 2. The Morgan fingerprint density at radius 1 is 0.957 bits per heavy atom. The van der Waals surface area contributed by atoms with Crippen molar-refractivity contribution in [3.8, 4) is 34.1 Å². The topological polar surface area (TPSA) is 134 Å². The Labute approximate surface area is 269 Å². The van der Waals surface area contributed by atoms with Gasteiger partial charge in [0.1, 0.15) is 0 Å². The maximum absolute atomic E-state index is 13.2. The first-order valence-electron chi connectivity index (χ1n) is 15.1. The number of methoxy groups -OCH3 is 4. The molecule has 11 nitrogen and oxygen atoms in total. The van der Waals surface area contributed by atoms with Crippen molar-refractivity contribution in [1.82, 2.24) is 20.3 Å². The highest BCUT2D eigenvalue weighted by molar-refractivity contribution is 6.83. The first kappa shape index (κ1) is 32.7. The lowest BCUT2D eigenvalue weighted by Crippen LogP contribution is -2.41. The quantitative estimate of drug-likeness (QED) is 0.235. The Kier molecular flexibility index (Phi) is 9.78. The lowest BCUT2D eigenvalue weighted by atomic mass is 9.96. The third kappa shape index (κ3) is 6.77. The molecule has 0 spiro atoms. The molecule has 4 aromatic rings.